The number of nitrogens with two attached hydrogens (primary N) is 1. The highest BCUT2D eigenvalue weighted by Crippen LogP contribution is 2.41. The Kier molecular flexibility index (Phi) is 5.50. The molecule has 0 unspecified atom stereocenters. The van der Waals surface area contributed by atoms with Gasteiger partial charge < -0.3 is 5.73 Å². The average molecular weight is 332 g/mol. The zero-order valence-corrected chi connectivity index (χ0v) is 14.3. The van der Waals surface area contributed by atoms with Crippen LogP contribution in [0.1, 0.15) is 48.6 Å². The van der Waals surface area contributed by atoms with Crippen molar-refractivity contribution in [2.45, 2.75) is 37.5 Å². The summed E-state index contributed by atoms with van der Waals surface area (Å²) in [6, 6.07) is 23.1. The summed E-state index contributed by atoms with van der Waals surface area (Å²) in [6.45, 7) is 0. The van der Waals surface area contributed by atoms with Gasteiger partial charge in [-0.1, -0.05) is 60.7 Å². The summed E-state index contributed by atoms with van der Waals surface area (Å²) in [6.07, 6.45) is 3.97. The molecule has 2 saturated carbocycles. The first-order chi connectivity index (χ1) is 12.2. The summed E-state index contributed by atoms with van der Waals surface area (Å²) >= 11 is 0. The number of primary amides is 1. The van der Waals surface area contributed by atoms with E-state index in [9.17, 15) is 4.79 Å². The maximum absolute atomic E-state index is 10.8. The quantitative estimate of drug-likeness (QED) is 0.907. The first-order valence-electron chi connectivity index (χ1n) is 8.96. The molecule has 128 valence electrons. The van der Waals surface area contributed by atoms with E-state index in [0.717, 1.165) is 25.7 Å². The maximum atomic E-state index is 10.8. The van der Waals surface area contributed by atoms with Crippen molar-refractivity contribution in [3.63, 3.8) is 0 Å². The van der Waals surface area contributed by atoms with Gasteiger partial charge in [0.25, 0.3) is 0 Å². The molecule has 2 fully saturated rings. The Morgan fingerprint density at radius 1 is 0.840 bits per heavy atom. The monoisotopic (exact) mass is 332 g/mol. The molecule has 2 N–H and O–H groups in total. The summed E-state index contributed by atoms with van der Waals surface area (Å²) in [7, 11) is 0. The molecule has 0 atom stereocenters. The van der Waals surface area contributed by atoms with Crippen LogP contribution < -0.4 is 5.73 Å². The number of nitrogens with zero attached hydrogens (tertiary/aromatic N) is 1. The predicted octanol–water partition coefficient (Wildman–Crippen LogP) is 4.37. The van der Waals surface area contributed by atoms with Crippen molar-refractivity contribution in [3.05, 3.63) is 71.8 Å². The number of nitriles is 1. The second kappa shape index (κ2) is 7.98. The molecule has 2 aromatic carbocycles. The SMILES string of the molecule is N#CC1CC(c2ccccc2)C1.NC(=O)C1CC(c2ccccc2)C1. The van der Waals surface area contributed by atoms with Crippen molar-refractivity contribution in [1.82, 2.24) is 0 Å². The molecule has 3 heteroatoms. The van der Waals surface area contributed by atoms with Crippen LogP contribution in [0.3, 0.4) is 0 Å². The third-order valence-electron chi connectivity index (χ3n) is 5.40. The molecule has 0 bridgehead atoms. The van der Waals surface area contributed by atoms with Crippen LogP contribution in [-0.4, -0.2) is 5.91 Å². The van der Waals surface area contributed by atoms with E-state index in [2.05, 4.69) is 42.5 Å². The number of rotatable bonds is 3. The number of carbonyl (C=O) groups excluding carboxylic acids is 1. The van der Waals surface area contributed by atoms with Crippen molar-refractivity contribution in [3.8, 4) is 6.07 Å². The summed E-state index contributed by atoms with van der Waals surface area (Å²) in [4.78, 5) is 10.8. The fourth-order valence-electron chi connectivity index (χ4n) is 3.57. The van der Waals surface area contributed by atoms with Crippen molar-refractivity contribution < 1.29 is 4.79 Å². The van der Waals surface area contributed by atoms with E-state index in [1.165, 1.54) is 11.1 Å². The van der Waals surface area contributed by atoms with Crippen LogP contribution in [0.4, 0.5) is 0 Å². The smallest absolute Gasteiger partial charge is 0.220 e. The van der Waals surface area contributed by atoms with E-state index >= 15 is 0 Å². The molecular formula is C22H24N2O. The summed E-state index contributed by atoms with van der Waals surface area (Å²) in [5, 5.41) is 8.60. The van der Waals surface area contributed by atoms with Crippen molar-refractivity contribution in [1.29, 1.82) is 5.26 Å². The molecule has 2 aliphatic carbocycles. The zero-order valence-electron chi connectivity index (χ0n) is 14.3. The highest BCUT2D eigenvalue weighted by Gasteiger charge is 2.33. The molecule has 2 aromatic rings. The van der Waals surface area contributed by atoms with Gasteiger partial charge in [-0.15, -0.1) is 0 Å². The van der Waals surface area contributed by atoms with Gasteiger partial charge in [0.05, 0.1) is 6.07 Å². The number of benzene rings is 2. The lowest BCUT2D eigenvalue weighted by atomic mass is 9.71. The van der Waals surface area contributed by atoms with Gasteiger partial charge in [0.15, 0.2) is 0 Å². The Morgan fingerprint density at radius 3 is 1.68 bits per heavy atom. The molecule has 1 amide bonds. The van der Waals surface area contributed by atoms with Gasteiger partial charge in [0, 0.05) is 11.8 Å². The lowest BCUT2D eigenvalue weighted by Crippen LogP contribution is -2.33. The van der Waals surface area contributed by atoms with Gasteiger partial charge in [-0.2, -0.15) is 5.26 Å². The Bertz CT molecular complexity index is 724. The predicted molar refractivity (Wildman–Crippen MR) is 98.6 cm³/mol. The Labute approximate surface area is 149 Å². The molecular weight excluding hydrogens is 308 g/mol. The van der Waals surface area contributed by atoms with Gasteiger partial charge >= 0.3 is 0 Å². The number of hydrogen-bond acceptors (Lipinski definition) is 2. The van der Waals surface area contributed by atoms with E-state index < -0.39 is 0 Å². The zero-order chi connectivity index (χ0) is 17.6. The third kappa shape index (κ3) is 4.28. The molecule has 0 aliphatic heterocycles. The van der Waals surface area contributed by atoms with E-state index in [1.54, 1.807) is 0 Å². The average Bonchev–Trinajstić information content (AvgIpc) is 2.55. The minimum absolute atomic E-state index is 0.116. The molecule has 0 heterocycles. The van der Waals surface area contributed by atoms with E-state index in [1.807, 2.05) is 24.3 Å². The van der Waals surface area contributed by atoms with Gasteiger partial charge in [0.1, 0.15) is 0 Å². The van der Waals surface area contributed by atoms with Crippen molar-refractivity contribution >= 4 is 5.91 Å². The van der Waals surface area contributed by atoms with Gasteiger partial charge in [-0.25, -0.2) is 0 Å². The fourth-order valence-corrected chi connectivity index (χ4v) is 3.57. The van der Waals surface area contributed by atoms with Crippen molar-refractivity contribution in [2.24, 2.45) is 17.6 Å². The van der Waals surface area contributed by atoms with Gasteiger partial charge in [0.2, 0.25) is 5.91 Å². The lowest BCUT2D eigenvalue weighted by molar-refractivity contribution is -0.124. The maximum Gasteiger partial charge on any atom is 0.220 e. The number of hydrogen-bond donors (Lipinski definition) is 1. The fraction of sp³-hybridized carbons (Fsp3) is 0.364. The Hall–Kier alpha value is -2.60. The highest BCUT2D eigenvalue weighted by atomic mass is 16.1. The topological polar surface area (TPSA) is 66.9 Å². The standard InChI is InChI=1S/C11H13NO.C11H11N/c12-11(13)10-6-9(7-10)8-4-2-1-3-5-8;12-8-9-6-11(7-9)10-4-2-1-3-5-10/h1-5,9-10H,6-7H2,(H2,12,13);1-5,9,11H,6-7H2. The van der Waals surface area contributed by atoms with Gasteiger partial charge in [-0.05, 0) is 48.6 Å². The molecule has 4 rings (SSSR count). The Morgan fingerprint density at radius 2 is 1.28 bits per heavy atom. The van der Waals surface area contributed by atoms with Gasteiger partial charge in [-0.3, -0.25) is 4.79 Å². The first kappa shape index (κ1) is 17.2. The van der Waals surface area contributed by atoms with Crippen LogP contribution in [0.15, 0.2) is 60.7 Å². The normalized spacial score (nSPS) is 26.8. The molecule has 0 aromatic heterocycles. The first-order valence-corrected chi connectivity index (χ1v) is 8.96. The largest absolute Gasteiger partial charge is 0.369 e. The Balaban J connectivity index is 0.000000146. The van der Waals surface area contributed by atoms with E-state index in [0.29, 0.717) is 17.8 Å². The van der Waals surface area contributed by atoms with Crippen LogP contribution in [0, 0.1) is 23.2 Å². The van der Waals surface area contributed by atoms with Crippen LogP contribution >= 0.6 is 0 Å². The molecule has 0 spiro atoms. The van der Waals surface area contributed by atoms with E-state index in [-0.39, 0.29) is 11.8 Å². The van der Waals surface area contributed by atoms with Crippen LogP contribution in [0.5, 0.6) is 0 Å². The molecule has 3 nitrogen and oxygen atoms in total. The summed E-state index contributed by atoms with van der Waals surface area (Å²) in [5.41, 5.74) is 7.93. The third-order valence-corrected chi connectivity index (χ3v) is 5.40. The number of amides is 1. The lowest BCUT2D eigenvalue weighted by Gasteiger charge is -2.33. The minimum Gasteiger partial charge on any atom is -0.369 e. The van der Waals surface area contributed by atoms with Crippen molar-refractivity contribution in [2.75, 3.05) is 0 Å². The van der Waals surface area contributed by atoms with Crippen LogP contribution in [0.2, 0.25) is 0 Å². The van der Waals surface area contributed by atoms with Crippen LogP contribution in [-0.2, 0) is 4.79 Å². The highest BCUT2D eigenvalue weighted by molar-refractivity contribution is 5.77. The summed E-state index contributed by atoms with van der Waals surface area (Å²) < 4.78 is 0. The number of carbonyl (C=O) groups is 1. The molecule has 25 heavy (non-hydrogen) atoms. The molecule has 0 saturated heterocycles. The molecule has 2 aliphatic rings. The summed E-state index contributed by atoms with van der Waals surface area (Å²) in [5.74, 6) is 1.49. The second-order valence-corrected chi connectivity index (χ2v) is 7.08. The van der Waals surface area contributed by atoms with Crippen LogP contribution in [0.25, 0.3) is 0 Å². The molecule has 0 radical (unpaired) electrons. The van der Waals surface area contributed by atoms with E-state index in [4.69, 9.17) is 11.0 Å². The second-order valence-electron chi connectivity index (χ2n) is 7.08. The minimum atomic E-state index is -0.146.